The van der Waals surface area contributed by atoms with E-state index >= 15 is 0 Å². The van der Waals surface area contributed by atoms with Gasteiger partial charge in [-0.1, -0.05) is 128 Å². The second-order valence-electron chi connectivity index (χ2n) is 7.38. The van der Waals surface area contributed by atoms with Crippen LogP contribution in [0.1, 0.15) is 13.3 Å². The molecule has 0 saturated carbocycles. The van der Waals surface area contributed by atoms with Crippen LogP contribution in [0.5, 0.6) is 0 Å². The normalized spacial score (nSPS) is 11.1. The Morgan fingerprint density at radius 3 is 1.12 bits per heavy atom. The minimum atomic E-state index is -0.411. The third-order valence-electron chi connectivity index (χ3n) is 5.43. The van der Waals surface area contributed by atoms with E-state index in [0.717, 1.165) is 0 Å². The molecule has 1 unspecified atom stereocenters. The van der Waals surface area contributed by atoms with Crippen molar-refractivity contribution in [3.8, 4) is 0 Å². The summed E-state index contributed by atoms with van der Waals surface area (Å²) in [6.45, 7) is 2.37. The van der Waals surface area contributed by atoms with Gasteiger partial charge in [-0.05, 0) is 55.3 Å². The Labute approximate surface area is 227 Å². The largest absolute Gasteiger partial charge is 2.00 e. The summed E-state index contributed by atoms with van der Waals surface area (Å²) < 4.78 is 0. The maximum absolute atomic E-state index is 2.37. The molecule has 4 rings (SSSR count). The van der Waals surface area contributed by atoms with Crippen LogP contribution >= 0.6 is 15.8 Å². The van der Waals surface area contributed by atoms with Gasteiger partial charge in [0.25, 0.3) is 0 Å². The second kappa shape index (κ2) is 15.8. The van der Waals surface area contributed by atoms with Gasteiger partial charge in [0.05, 0.1) is 0 Å². The molecule has 4 aromatic carbocycles. The average Bonchev–Trinajstić information content (AvgIpc) is 2.84. The second-order valence-corrected chi connectivity index (χ2v) is 12.1. The number of rotatable bonds is 8. The molecule has 0 aliphatic heterocycles. The first-order chi connectivity index (χ1) is 14.9. The minimum absolute atomic E-state index is 0. The van der Waals surface area contributed by atoms with Gasteiger partial charge in [-0.15, -0.1) is 0 Å². The van der Waals surface area contributed by atoms with Gasteiger partial charge in [-0.3, -0.25) is 0 Å². The summed E-state index contributed by atoms with van der Waals surface area (Å²) in [5.74, 6) is 0. The standard InChI is InChI=1S/C28H28P2.2ClH.Pd/c1-2-24(30(27-19-11-5-12-20-27)28-21-13-6-14-22-28)23-29(25-15-7-3-8-16-25)26-17-9-4-10-18-26;;;/h3-22,24H,2,23H2,1H3;2*1H;/q;;;+2/p-2. The van der Waals surface area contributed by atoms with Crippen molar-refractivity contribution in [2.24, 2.45) is 0 Å². The van der Waals surface area contributed by atoms with Crippen LogP contribution in [0.25, 0.3) is 0 Å². The van der Waals surface area contributed by atoms with Gasteiger partial charge in [0, 0.05) is 0 Å². The first kappa shape index (κ1) is 30.0. The molecule has 174 valence electrons. The first-order valence-electron chi connectivity index (χ1n) is 10.6. The van der Waals surface area contributed by atoms with Gasteiger partial charge in [-0.25, -0.2) is 0 Å². The van der Waals surface area contributed by atoms with Crippen molar-refractivity contribution in [3.05, 3.63) is 121 Å². The Hall–Kier alpha value is -1.02. The van der Waals surface area contributed by atoms with Crippen molar-refractivity contribution < 1.29 is 45.2 Å². The molecular formula is C28H28Cl2P2Pd. The fraction of sp³-hybridized carbons (Fsp3) is 0.143. The van der Waals surface area contributed by atoms with Crippen LogP contribution in [-0.2, 0) is 20.4 Å². The molecule has 0 amide bonds. The van der Waals surface area contributed by atoms with E-state index < -0.39 is 15.8 Å². The van der Waals surface area contributed by atoms with E-state index in [1.807, 2.05) is 0 Å². The van der Waals surface area contributed by atoms with E-state index in [2.05, 4.69) is 128 Å². The molecule has 0 fully saturated rings. The summed E-state index contributed by atoms with van der Waals surface area (Å²) in [7, 11) is -0.804. The van der Waals surface area contributed by atoms with Crippen LogP contribution in [-0.4, -0.2) is 11.8 Å². The molecule has 0 aliphatic carbocycles. The molecule has 33 heavy (non-hydrogen) atoms. The quantitative estimate of drug-likeness (QED) is 0.197. The van der Waals surface area contributed by atoms with Crippen LogP contribution in [0.2, 0.25) is 0 Å². The third-order valence-corrected chi connectivity index (χ3v) is 11.4. The van der Waals surface area contributed by atoms with Gasteiger partial charge >= 0.3 is 20.4 Å². The van der Waals surface area contributed by atoms with E-state index in [1.54, 1.807) is 0 Å². The van der Waals surface area contributed by atoms with E-state index in [0.29, 0.717) is 5.66 Å². The Kier molecular flexibility index (Phi) is 14.4. The molecule has 0 bridgehead atoms. The Bertz CT molecular complexity index is 940. The average molecular weight is 604 g/mol. The minimum Gasteiger partial charge on any atom is -1.00 e. The Balaban J connectivity index is 0.00000181. The number of hydrogen-bond acceptors (Lipinski definition) is 0. The maximum atomic E-state index is 2.37. The predicted octanol–water partition coefficient (Wildman–Crippen LogP) is 0.0363. The van der Waals surface area contributed by atoms with E-state index in [1.165, 1.54) is 33.8 Å². The Morgan fingerprint density at radius 1 is 0.515 bits per heavy atom. The molecule has 0 aliphatic rings. The summed E-state index contributed by atoms with van der Waals surface area (Å²) in [4.78, 5) is 0. The molecule has 4 aromatic rings. The monoisotopic (exact) mass is 602 g/mol. The molecule has 0 radical (unpaired) electrons. The smallest absolute Gasteiger partial charge is 1.00 e. The van der Waals surface area contributed by atoms with E-state index in [4.69, 9.17) is 0 Å². The molecule has 0 N–H and O–H groups in total. The SMILES string of the molecule is CCC(CP(c1ccccc1)c1ccccc1)P(c1ccccc1)c1ccccc1.[Cl-].[Cl-].[Pd+2]. The van der Waals surface area contributed by atoms with Gasteiger partial charge < -0.3 is 24.8 Å². The molecule has 0 heterocycles. The Morgan fingerprint density at radius 2 is 0.818 bits per heavy atom. The molecule has 0 aromatic heterocycles. The molecule has 0 nitrogen and oxygen atoms in total. The van der Waals surface area contributed by atoms with Crippen LogP contribution in [0.3, 0.4) is 0 Å². The summed E-state index contributed by atoms with van der Waals surface area (Å²) in [5, 5.41) is 5.93. The van der Waals surface area contributed by atoms with Gasteiger partial charge in [0.15, 0.2) is 0 Å². The summed E-state index contributed by atoms with van der Waals surface area (Å²) in [5.41, 5.74) is 0.635. The van der Waals surface area contributed by atoms with Crippen molar-refractivity contribution >= 4 is 37.1 Å². The maximum Gasteiger partial charge on any atom is 2.00 e. The molecular weight excluding hydrogens is 576 g/mol. The van der Waals surface area contributed by atoms with Gasteiger partial charge in [-0.2, -0.15) is 0 Å². The summed E-state index contributed by atoms with van der Waals surface area (Å²) >= 11 is 0. The van der Waals surface area contributed by atoms with E-state index in [-0.39, 0.29) is 45.2 Å². The van der Waals surface area contributed by atoms with Gasteiger partial charge in [0.2, 0.25) is 0 Å². The van der Waals surface area contributed by atoms with Crippen molar-refractivity contribution in [1.82, 2.24) is 0 Å². The van der Waals surface area contributed by atoms with Crippen LogP contribution in [0.4, 0.5) is 0 Å². The van der Waals surface area contributed by atoms with Crippen molar-refractivity contribution in [3.63, 3.8) is 0 Å². The predicted molar refractivity (Wildman–Crippen MR) is 137 cm³/mol. The number of benzene rings is 4. The van der Waals surface area contributed by atoms with Crippen LogP contribution in [0, 0.1) is 0 Å². The molecule has 0 saturated heterocycles. The topological polar surface area (TPSA) is 0 Å². The van der Waals surface area contributed by atoms with Crippen molar-refractivity contribution in [1.29, 1.82) is 0 Å². The van der Waals surface area contributed by atoms with Crippen LogP contribution in [0.15, 0.2) is 121 Å². The number of halogens is 2. The van der Waals surface area contributed by atoms with Gasteiger partial charge in [0.1, 0.15) is 0 Å². The third kappa shape index (κ3) is 8.01. The zero-order chi connectivity index (χ0) is 20.6. The molecule has 1 atom stereocenters. The fourth-order valence-corrected chi connectivity index (χ4v) is 10.0. The molecule has 5 heteroatoms. The van der Waals surface area contributed by atoms with Crippen molar-refractivity contribution in [2.45, 2.75) is 19.0 Å². The zero-order valence-electron chi connectivity index (χ0n) is 18.5. The fourth-order valence-electron chi connectivity index (χ4n) is 3.93. The summed E-state index contributed by atoms with van der Waals surface area (Å²) in [6.07, 6.45) is 2.41. The number of hydrogen-bond donors (Lipinski definition) is 0. The summed E-state index contributed by atoms with van der Waals surface area (Å²) in [6, 6.07) is 44.6. The van der Waals surface area contributed by atoms with Crippen LogP contribution < -0.4 is 46.0 Å². The van der Waals surface area contributed by atoms with Crippen molar-refractivity contribution in [2.75, 3.05) is 6.16 Å². The van der Waals surface area contributed by atoms with E-state index in [9.17, 15) is 0 Å². The first-order valence-corrected chi connectivity index (χ1v) is 13.6. The zero-order valence-corrected chi connectivity index (χ0v) is 23.4. The molecule has 0 spiro atoms.